The molecule has 21 heavy (non-hydrogen) atoms. The molecule has 1 aliphatic heterocycles. The molecule has 2 fully saturated rings. The van der Waals surface area contributed by atoms with E-state index in [0.717, 1.165) is 18.8 Å². The van der Waals surface area contributed by atoms with Gasteiger partial charge in [0.05, 0.1) is 20.8 Å². The van der Waals surface area contributed by atoms with Crippen LogP contribution in [0.1, 0.15) is 39.0 Å². The van der Waals surface area contributed by atoms with Crippen LogP contribution in [0.4, 0.5) is 5.69 Å². The van der Waals surface area contributed by atoms with Crippen molar-refractivity contribution in [3.8, 4) is 0 Å². The number of anilines is 1. The van der Waals surface area contributed by atoms with Crippen LogP contribution in [0.15, 0.2) is 12.1 Å². The predicted molar refractivity (Wildman–Crippen MR) is 92.1 cm³/mol. The molecule has 3 rings (SSSR count). The largest absolute Gasteiger partial charge is 0.364 e. The molecule has 1 aromatic rings. The summed E-state index contributed by atoms with van der Waals surface area (Å²) in [5, 5.41) is 5.55. The summed E-state index contributed by atoms with van der Waals surface area (Å²) < 4.78 is 0. The van der Waals surface area contributed by atoms with Crippen molar-refractivity contribution in [2.45, 2.75) is 50.6 Å². The summed E-state index contributed by atoms with van der Waals surface area (Å²) in [5.41, 5.74) is 1.24. The smallest absolute Gasteiger partial charge is 0.0655 e. The highest BCUT2D eigenvalue weighted by Gasteiger charge is 2.39. The van der Waals surface area contributed by atoms with E-state index in [1.807, 2.05) is 6.07 Å². The van der Waals surface area contributed by atoms with Crippen molar-refractivity contribution in [3.63, 3.8) is 0 Å². The summed E-state index contributed by atoms with van der Waals surface area (Å²) in [5.74, 6) is 0. The molecular formula is C16H21Cl3N2. The lowest BCUT2D eigenvalue weighted by Crippen LogP contribution is -2.64. The molecule has 1 atom stereocenters. The zero-order valence-corrected chi connectivity index (χ0v) is 14.5. The van der Waals surface area contributed by atoms with E-state index in [4.69, 9.17) is 34.8 Å². The first-order chi connectivity index (χ1) is 10.0. The first-order valence-corrected chi connectivity index (χ1v) is 8.80. The van der Waals surface area contributed by atoms with E-state index >= 15 is 0 Å². The van der Waals surface area contributed by atoms with Crippen LogP contribution < -0.4 is 10.2 Å². The third kappa shape index (κ3) is 3.14. The first kappa shape index (κ1) is 15.7. The minimum atomic E-state index is 0.236. The number of benzene rings is 1. The van der Waals surface area contributed by atoms with E-state index in [0.29, 0.717) is 21.1 Å². The van der Waals surface area contributed by atoms with Gasteiger partial charge in [-0.25, -0.2) is 0 Å². The van der Waals surface area contributed by atoms with Gasteiger partial charge in [0.25, 0.3) is 0 Å². The number of nitrogens with one attached hydrogen (secondary N) is 1. The van der Waals surface area contributed by atoms with Gasteiger partial charge in [-0.05, 0) is 31.9 Å². The van der Waals surface area contributed by atoms with Gasteiger partial charge in [0, 0.05) is 24.7 Å². The van der Waals surface area contributed by atoms with Crippen molar-refractivity contribution in [3.05, 3.63) is 27.2 Å². The quantitative estimate of drug-likeness (QED) is 0.707. The first-order valence-electron chi connectivity index (χ1n) is 7.67. The molecule has 0 radical (unpaired) electrons. The Kier molecular flexibility index (Phi) is 4.61. The molecular weight excluding hydrogens is 327 g/mol. The molecule has 1 aromatic carbocycles. The van der Waals surface area contributed by atoms with E-state index < -0.39 is 0 Å². The Bertz CT molecular complexity index is 526. The molecule has 1 saturated carbocycles. The SMILES string of the molecule is CC1CNC2(CCCCC2)CN1c1cc(Cl)c(Cl)cc1Cl. The van der Waals surface area contributed by atoms with Crippen molar-refractivity contribution in [1.29, 1.82) is 0 Å². The highest BCUT2D eigenvalue weighted by atomic mass is 35.5. The monoisotopic (exact) mass is 346 g/mol. The van der Waals surface area contributed by atoms with Gasteiger partial charge in [-0.15, -0.1) is 0 Å². The van der Waals surface area contributed by atoms with Crippen LogP contribution in [0.25, 0.3) is 0 Å². The lowest BCUT2D eigenvalue weighted by molar-refractivity contribution is 0.200. The maximum absolute atomic E-state index is 6.42. The molecule has 2 aliphatic rings. The van der Waals surface area contributed by atoms with Crippen molar-refractivity contribution < 1.29 is 0 Å². The van der Waals surface area contributed by atoms with Gasteiger partial charge in [-0.3, -0.25) is 0 Å². The fourth-order valence-corrected chi connectivity index (χ4v) is 4.28. The van der Waals surface area contributed by atoms with Gasteiger partial charge in [0.1, 0.15) is 0 Å². The molecule has 1 unspecified atom stereocenters. The third-order valence-corrected chi connectivity index (χ3v) is 5.91. The predicted octanol–water partition coefficient (Wildman–Crippen LogP) is 5.15. The van der Waals surface area contributed by atoms with Crippen LogP contribution in [0.5, 0.6) is 0 Å². The van der Waals surface area contributed by atoms with Crippen LogP contribution >= 0.6 is 34.8 Å². The molecule has 0 aromatic heterocycles. The molecule has 1 aliphatic carbocycles. The topological polar surface area (TPSA) is 15.3 Å². The van der Waals surface area contributed by atoms with Crippen molar-refractivity contribution in [2.75, 3.05) is 18.0 Å². The Hall–Kier alpha value is -0.150. The van der Waals surface area contributed by atoms with Gasteiger partial charge in [0.15, 0.2) is 0 Å². The van der Waals surface area contributed by atoms with Crippen LogP contribution in [0.3, 0.4) is 0 Å². The Balaban J connectivity index is 1.90. The van der Waals surface area contributed by atoms with E-state index in [1.54, 1.807) is 6.07 Å². The highest BCUT2D eigenvalue weighted by Crippen LogP contribution is 2.39. The minimum Gasteiger partial charge on any atom is -0.364 e. The van der Waals surface area contributed by atoms with Crippen molar-refractivity contribution in [2.24, 2.45) is 0 Å². The number of hydrogen-bond acceptors (Lipinski definition) is 2. The van der Waals surface area contributed by atoms with Crippen LogP contribution in [-0.2, 0) is 0 Å². The van der Waals surface area contributed by atoms with Gasteiger partial charge in [-0.1, -0.05) is 54.1 Å². The van der Waals surface area contributed by atoms with E-state index in [-0.39, 0.29) is 5.54 Å². The summed E-state index contributed by atoms with van der Waals surface area (Å²) in [6, 6.07) is 4.06. The summed E-state index contributed by atoms with van der Waals surface area (Å²) in [4.78, 5) is 2.40. The van der Waals surface area contributed by atoms with Gasteiger partial charge in [0.2, 0.25) is 0 Å². The fourth-order valence-electron chi connectivity index (χ4n) is 3.63. The Morgan fingerprint density at radius 3 is 2.43 bits per heavy atom. The lowest BCUT2D eigenvalue weighted by Gasteiger charge is -2.50. The normalized spacial score (nSPS) is 25.3. The average molecular weight is 348 g/mol. The summed E-state index contributed by atoms with van der Waals surface area (Å²) in [6.45, 7) is 4.20. The summed E-state index contributed by atoms with van der Waals surface area (Å²) >= 11 is 18.7. The molecule has 2 nitrogen and oxygen atoms in total. The minimum absolute atomic E-state index is 0.236. The molecule has 1 heterocycles. The van der Waals surface area contributed by atoms with Crippen molar-refractivity contribution >= 4 is 40.5 Å². The second kappa shape index (κ2) is 6.16. The summed E-state index contributed by atoms with van der Waals surface area (Å²) in [7, 11) is 0. The number of hydrogen-bond donors (Lipinski definition) is 1. The Morgan fingerprint density at radius 2 is 1.71 bits per heavy atom. The zero-order valence-electron chi connectivity index (χ0n) is 12.3. The molecule has 5 heteroatoms. The number of halogens is 3. The van der Waals surface area contributed by atoms with E-state index in [1.165, 1.54) is 32.1 Å². The van der Waals surface area contributed by atoms with E-state index in [9.17, 15) is 0 Å². The van der Waals surface area contributed by atoms with Gasteiger partial charge in [-0.2, -0.15) is 0 Å². The molecule has 0 amide bonds. The van der Waals surface area contributed by atoms with Gasteiger partial charge >= 0.3 is 0 Å². The standard InChI is InChI=1S/C16H21Cl3N2/c1-11-9-20-16(5-3-2-4-6-16)10-21(11)15-8-13(18)12(17)7-14(15)19/h7-8,11,20H,2-6,9-10H2,1H3. The fraction of sp³-hybridized carbons (Fsp3) is 0.625. The third-order valence-electron chi connectivity index (χ3n) is 4.89. The lowest BCUT2D eigenvalue weighted by atomic mass is 9.79. The zero-order chi connectivity index (χ0) is 15.0. The highest BCUT2D eigenvalue weighted by molar-refractivity contribution is 6.44. The van der Waals surface area contributed by atoms with Crippen LogP contribution in [0, 0.1) is 0 Å². The Morgan fingerprint density at radius 1 is 1.05 bits per heavy atom. The molecule has 116 valence electrons. The molecule has 1 N–H and O–H groups in total. The van der Waals surface area contributed by atoms with Gasteiger partial charge < -0.3 is 10.2 Å². The van der Waals surface area contributed by atoms with Crippen molar-refractivity contribution in [1.82, 2.24) is 5.32 Å². The number of piperazine rings is 1. The Labute approximate surface area is 141 Å². The molecule has 1 saturated heterocycles. The molecule has 0 bridgehead atoms. The maximum Gasteiger partial charge on any atom is 0.0655 e. The maximum atomic E-state index is 6.42. The van der Waals surface area contributed by atoms with Crippen LogP contribution in [-0.4, -0.2) is 24.7 Å². The summed E-state index contributed by atoms with van der Waals surface area (Å²) in [6.07, 6.45) is 6.46. The van der Waals surface area contributed by atoms with Crippen LogP contribution in [0.2, 0.25) is 15.1 Å². The van der Waals surface area contributed by atoms with E-state index in [2.05, 4.69) is 17.1 Å². The average Bonchev–Trinajstić information content (AvgIpc) is 2.47. The molecule has 1 spiro atoms. The number of nitrogens with zero attached hydrogens (tertiary/aromatic N) is 1. The number of rotatable bonds is 1. The second-order valence-electron chi connectivity index (χ2n) is 6.42. The second-order valence-corrected chi connectivity index (χ2v) is 7.64.